The van der Waals surface area contributed by atoms with Gasteiger partial charge < -0.3 is 30.6 Å². The number of hydrogen-bond donors (Lipinski definition) is 3. The highest BCUT2D eigenvalue weighted by atomic mass is 16.6. The Morgan fingerprint density at radius 1 is 0.745 bits per heavy atom. The average Bonchev–Trinajstić information content (AvgIpc) is 3.57. The predicted molar refractivity (Wildman–Crippen MR) is 173 cm³/mol. The molecule has 246 valence electrons. The zero-order valence-electron chi connectivity index (χ0n) is 26.0. The van der Waals surface area contributed by atoms with Crippen molar-refractivity contribution in [3.8, 4) is 0 Å². The van der Waals surface area contributed by atoms with Gasteiger partial charge in [0.25, 0.3) is 0 Å². The second-order valence-corrected chi connectivity index (χ2v) is 10.8. The number of esters is 1. The summed E-state index contributed by atoms with van der Waals surface area (Å²) in [6.45, 7) is 0.631. The van der Waals surface area contributed by atoms with Gasteiger partial charge in [-0.1, -0.05) is 91.0 Å². The van der Waals surface area contributed by atoms with Gasteiger partial charge in [0.05, 0.1) is 11.7 Å². The highest BCUT2D eigenvalue weighted by molar-refractivity contribution is 5.87. The Balaban J connectivity index is 1.25. The van der Waals surface area contributed by atoms with Crippen LogP contribution >= 0.6 is 0 Å². The average molecular weight is 642 g/mol. The van der Waals surface area contributed by atoms with Crippen molar-refractivity contribution in [1.82, 2.24) is 20.2 Å². The molecule has 47 heavy (non-hydrogen) atoms. The molecule has 4 N–H and O–H groups in total. The number of hydrogen-bond acceptors (Lipinski definition) is 9. The van der Waals surface area contributed by atoms with Crippen LogP contribution in [0.1, 0.15) is 41.6 Å². The molecule has 0 aliphatic rings. The molecule has 0 fully saturated rings. The number of rotatable bonds is 16. The van der Waals surface area contributed by atoms with Crippen molar-refractivity contribution in [3.05, 3.63) is 126 Å². The van der Waals surface area contributed by atoms with Crippen LogP contribution in [0, 0.1) is 0 Å². The normalized spacial score (nSPS) is 11.9. The molecular formula is C35H39N5O7. The molecule has 2 atom stereocenters. The van der Waals surface area contributed by atoms with Crippen LogP contribution in [0.4, 0.5) is 9.59 Å². The van der Waals surface area contributed by atoms with E-state index in [0.717, 1.165) is 16.7 Å². The summed E-state index contributed by atoms with van der Waals surface area (Å²) < 4.78 is 17.2. The van der Waals surface area contributed by atoms with E-state index in [1.807, 2.05) is 91.0 Å². The summed E-state index contributed by atoms with van der Waals surface area (Å²) in [5.41, 5.74) is 9.10. The highest BCUT2D eigenvalue weighted by Gasteiger charge is 2.26. The Labute approximate surface area is 273 Å². The number of ether oxygens (including phenoxy) is 3. The first-order valence-electron chi connectivity index (χ1n) is 15.3. The van der Waals surface area contributed by atoms with Gasteiger partial charge in [0, 0.05) is 19.2 Å². The van der Waals surface area contributed by atoms with Crippen LogP contribution in [0.2, 0.25) is 0 Å². The summed E-state index contributed by atoms with van der Waals surface area (Å²) >= 11 is 0. The molecule has 0 unspecified atom stereocenters. The van der Waals surface area contributed by atoms with E-state index in [9.17, 15) is 19.2 Å². The maximum atomic E-state index is 13.1. The molecule has 1 heterocycles. The maximum Gasteiger partial charge on any atom is 0.419 e. The number of nitrogens with zero attached hydrogens (tertiary/aromatic N) is 2. The maximum absolute atomic E-state index is 13.1. The van der Waals surface area contributed by atoms with E-state index in [-0.39, 0.29) is 32.7 Å². The fourth-order valence-electron chi connectivity index (χ4n) is 4.48. The van der Waals surface area contributed by atoms with Crippen molar-refractivity contribution in [1.29, 1.82) is 0 Å². The number of nitrogens with two attached hydrogens (primary N) is 1. The fraction of sp³-hybridized carbons (Fsp3) is 0.286. The van der Waals surface area contributed by atoms with E-state index in [1.165, 1.54) is 17.1 Å². The minimum Gasteiger partial charge on any atom is -0.459 e. The Bertz CT molecular complexity index is 1560. The molecule has 4 rings (SSSR count). The van der Waals surface area contributed by atoms with Gasteiger partial charge in [-0.15, -0.1) is 0 Å². The first kappa shape index (κ1) is 34.4. The standard InChI is InChI=1S/C35H39N5O7/c36-30(20-29-21-40(25-38-29)35(44)47-24-28-16-8-3-9-17-28)32(41)39-31(33(42)45-22-26-12-4-1-5-13-26)18-10-11-19-37-34(43)46-23-27-14-6-2-7-15-27/h1-9,12-17,21,25,30-31H,10-11,18-20,22-24,36H2,(H,37,43)(H,39,41)/t30-,31-/m0/s1. The minimum absolute atomic E-state index is 0.0194. The van der Waals surface area contributed by atoms with E-state index in [1.54, 1.807) is 0 Å². The minimum atomic E-state index is -1.05. The second-order valence-electron chi connectivity index (χ2n) is 10.8. The Hall–Kier alpha value is -5.49. The van der Waals surface area contributed by atoms with E-state index in [0.29, 0.717) is 25.1 Å². The summed E-state index contributed by atoms with van der Waals surface area (Å²) in [5, 5.41) is 5.39. The predicted octanol–water partition coefficient (Wildman–Crippen LogP) is 4.26. The number of aromatic nitrogens is 2. The third-order valence-electron chi connectivity index (χ3n) is 7.04. The van der Waals surface area contributed by atoms with Crippen molar-refractivity contribution in [3.63, 3.8) is 0 Å². The lowest BCUT2D eigenvalue weighted by atomic mass is 10.1. The van der Waals surface area contributed by atoms with Gasteiger partial charge in [0.2, 0.25) is 5.91 Å². The lowest BCUT2D eigenvalue weighted by Crippen LogP contribution is -2.49. The van der Waals surface area contributed by atoms with Gasteiger partial charge in [-0.25, -0.2) is 23.9 Å². The van der Waals surface area contributed by atoms with Crippen LogP contribution in [0.25, 0.3) is 0 Å². The summed E-state index contributed by atoms with van der Waals surface area (Å²) in [5.74, 6) is -1.18. The monoisotopic (exact) mass is 641 g/mol. The molecule has 1 aromatic heterocycles. The Kier molecular flexibility index (Phi) is 13.5. The Morgan fingerprint density at radius 2 is 1.30 bits per heavy atom. The van der Waals surface area contributed by atoms with Crippen LogP contribution in [-0.4, -0.2) is 52.2 Å². The van der Waals surface area contributed by atoms with Gasteiger partial charge in [-0.2, -0.15) is 0 Å². The summed E-state index contributed by atoms with van der Waals surface area (Å²) in [6.07, 6.45) is 2.88. The van der Waals surface area contributed by atoms with Crippen LogP contribution in [0.15, 0.2) is 104 Å². The first-order valence-corrected chi connectivity index (χ1v) is 15.3. The van der Waals surface area contributed by atoms with Crippen LogP contribution in [-0.2, 0) is 50.0 Å². The molecule has 4 aromatic rings. The van der Waals surface area contributed by atoms with Crippen molar-refractivity contribution in [2.75, 3.05) is 6.54 Å². The number of alkyl carbamates (subject to hydrolysis) is 1. The molecular weight excluding hydrogens is 602 g/mol. The Morgan fingerprint density at radius 3 is 1.89 bits per heavy atom. The molecule has 12 nitrogen and oxygen atoms in total. The third kappa shape index (κ3) is 12.1. The van der Waals surface area contributed by atoms with Gasteiger partial charge in [-0.05, 0) is 36.0 Å². The van der Waals surface area contributed by atoms with E-state index in [4.69, 9.17) is 19.9 Å². The first-order chi connectivity index (χ1) is 22.9. The van der Waals surface area contributed by atoms with Crippen LogP contribution in [0.3, 0.4) is 0 Å². The molecule has 0 spiro atoms. The fourth-order valence-corrected chi connectivity index (χ4v) is 4.48. The molecule has 12 heteroatoms. The lowest BCUT2D eigenvalue weighted by molar-refractivity contribution is -0.149. The second kappa shape index (κ2) is 18.5. The number of nitrogens with one attached hydrogen (secondary N) is 2. The molecule has 0 bridgehead atoms. The van der Waals surface area contributed by atoms with Gasteiger partial charge >= 0.3 is 18.2 Å². The van der Waals surface area contributed by atoms with Gasteiger partial charge in [0.15, 0.2) is 0 Å². The number of unbranched alkanes of at least 4 members (excludes halogenated alkanes) is 1. The topological polar surface area (TPSA) is 164 Å². The van der Waals surface area contributed by atoms with Crippen molar-refractivity contribution < 1.29 is 33.4 Å². The van der Waals surface area contributed by atoms with Gasteiger partial charge in [-0.3, -0.25) is 4.79 Å². The zero-order valence-corrected chi connectivity index (χ0v) is 26.0. The molecule has 0 radical (unpaired) electrons. The van der Waals surface area contributed by atoms with Crippen LogP contribution < -0.4 is 16.4 Å². The van der Waals surface area contributed by atoms with Crippen molar-refractivity contribution in [2.24, 2.45) is 5.73 Å². The molecule has 0 saturated heterocycles. The highest BCUT2D eigenvalue weighted by Crippen LogP contribution is 2.09. The number of carbonyl (C=O) groups is 4. The lowest BCUT2D eigenvalue weighted by Gasteiger charge is -2.20. The van der Waals surface area contributed by atoms with Gasteiger partial charge in [0.1, 0.15) is 32.2 Å². The summed E-state index contributed by atoms with van der Waals surface area (Å²) in [4.78, 5) is 54.7. The van der Waals surface area contributed by atoms with Crippen molar-refractivity contribution >= 4 is 24.1 Å². The third-order valence-corrected chi connectivity index (χ3v) is 7.04. The molecule has 0 aliphatic carbocycles. The largest absolute Gasteiger partial charge is 0.459 e. The number of carbonyl (C=O) groups excluding carboxylic acids is 4. The van der Waals surface area contributed by atoms with E-state index < -0.39 is 36.1 Å². The summed E-state index contributed by atoms with van der Waals surface area (Å²) in [7, 11) is 0. The summed E-state index contributed by atoms with van der Waals surface area (Å²) in [6, 6.07) is 25.8. The number of imidazole rings is 1. The van der Waals surface area contributed by atoms with E-state index in [2.05, 4.69) is 15.6 Å². The SMILES string of the molecule is N[C@@H](Cc1cn(C(=O)OCc2ccccc2)cn1)C(=O)N[C@@H](CCCCNC(=O)OCc1ccccc1)C(=O)OCc1ccccc1. The van der Waals surface area contributed by atoms with Crippen molar-refractivity contribution in [2.45, 2.75) is 57.6 Å². The smallest absolute Gasteiger partial charge is 0.419 e. The number of amides is 2. The van der Waals surface area contributed by atoms with Crippen LogP contribution in [0.5, 0.6) is 0 Å². The van der Waals surface area contributed by atoms with E-state index >= 15 is 0 Å². The molecule has 3 aromatic carbocycles. The zero-order chi connectivity index (χ0) is 33.3. The number of benzene rings is 3. The molecule has 0 aliphatic heterocycles. The quantitative estimate of drug-likeness (QED) is 0.0921. The molecule has 2 amide bonds. The molecule has 0 saturated carbocycles.